The Kier molecular flexibility index (Phi) is 6.85. The van der Waals surface area contributed by atoms with E-state index in [2.05, 4.69) is 4.72 Å². The van der Waals surface area contributed by atoms with Crippen molar-refractivity contribution in [2.45, 2.75) is 57.4 Å². The normalized spacial score (nSPS) is 14.4. The third-order valence-corrected chi connectivity index (χ3v) is 7.64. The Hall–Kier alpha value is -2.68. The minimum Gasteiger partial charge on any atom is -0.424 e. The van der Waals surface area contributed by atoms with E-state index < -0.39 is 27.7 Å². The van der Waals surface area contributed by atoms with Gasteiger partial charge in [-0.15, -0.1) is 0 Å². The summed E-state index contributed by atoms with van der Waals surface area (Å²) in [6.07, 6.45) is 2.51. The van der Waals surface area contributed by atoms with Crippen molar-refractivity contribution in [2.75, 3.05) is 0 Å². The lowest BCUT2D eigenvalue weighted by molar-refractivity contribution is -0.136. The van der Waals surface area contributed by atoms with Crippen molar-refractivity contribution < 1.29 is 22.4 Å². The van der Waals surface area contributed by atoms with Crippen molar-refractivity contribution in [2.24, 2.45) is 5.92 Å². The second-order valence-corrected chi connectivity index (χ2v) is 11.1. The number of sulfonamides is 1. The van der Waals surface area contributed by atoms with Crippen molar-refractivity contribution in [1.29, 1.82) is 0 Å². The van der Waals surface area contributed by atoms with Crippen LogP contribution in [0.5, 0.6) is 5.75 Å². The Morgan fingerprint density at radius 3 is 2.50 bits per heavy atom. The third-order valence-electron chi connectivity index (χ3n) is 5.86. The lowest BCUT2D eigenvalue weighted by Gasteiger charge is -2.20. The first-order chi connectivity index (χ1) is 16.0. The van der Waals surface area contributed by atoms with Crippen LogP contribution in [0, 0.1) is 12.8 Å². The largest absolute Gasteiger partial charge is 0.424 e. The van der Waals surface area contributed by atoms with Crippen molar-refractivity contribution in [1.82, 2.24) is 4.72 Å². The van der Waals surface area contributed by atoms with Crippen LogP contribution < -0.4 is 15.1 Å². The highest BCUT2D eigenvalue weighted by atomic mass is 35.5. The Bertz CT molecular complexity index is 1410. The van der Waals surface area contributed by atoms with Crippen LogP contribution in [0.4, 0.5) is 0 Å². The van der Waals surface area contributed by atoms with Crippen molar-refractivity contribution >= 4 is 38.6 Å². The molecule has 1 heterocycles. The molecular formula is C25H26ClNO6S. The van der Waals surface area contributed by atoms with Gasteiger partial charge in [-0.3, -0.25) is 0 Å². The fourth-order valence-corrected chi connectivity index (χ4v) is 5.58. The van der Waals surface area contributed by atoms with Crippen LogP contribution in [0.25, 0.3) is 11.0 Å². The molecule has 0 saturated heterocycles. The highest BCUT2D eigenvalue weighted by Gasteiger charge is 2.29. The molecule has 0 spiro atoms. The molecule has 0 aliphatic heterocycles. The van der Waals surface area contributed by atoms with Gasteiger partial charge >= 0.3 is 11.6 Å². The van der Waals surface area contributed by atoms with Gasteiger partial charge in [-0.25, -0.2) is 18.0 Å². The van der Waals surface area contributed by atoms with Gasteiger partial charge in [0.25, 0.3) is 0 Å². The molecule has 0 fully saturated rings. The maximum Gasteiger partial charge on any atom is 0.339 e. The van der Waals surface area contributed by atoms with Crippen LogP contribution in [0.3, 0.4) is 0 Å². The minimum absolute atomic E-state index is 0.00329. The fourth-order valence-electron chi connectivity index (χ4n) is 4.18. The Balaban J connectivity index is 1.63. The van der Waals surface area contributed by atoms with Gasteiger partial charge in [0.05, 0.1) is 9.92 Å². The molecule has 7 nitrogen and oxygen atoms in total. The van der Waals surface area contributed by atoms with Gasteiger partial charge in [-0.2, -0.15) is 4.72 Å². The summed E-state index contributed by atoms with van der Waals surface area (Å²) in [6.45, 7) is 5.60. The minimum atomic E-state index is -3.96. The number of rotatable bonds is 7. The first-order valence-electron chi connectivity index (χ1n) is 11.1. The lowest BCUT2D eigenvalue weighted by atomic mass is 10.0. The van der Waals surface area contributed by atoms with Gasteiger partial charge in [-0.1, -0.05) is 43.1 Å². The summed E-state index contributed by atoms with van der Waals surface area (Å²) in [6, 6.07) is 8.24. The molecule has 1 unspecified atom stereocenters. The van der Waals surface area contributed by atoms with Gasteiger partial charge in [0.1, 0.15) is 11.6 Å². The van der Waals surface area contributed by atoms with E-state index in [-0.39, 0.29) is 33.6 Å². The molecule has 1 N–H and O–H groups in total. The van der Waals surface area contributed by atoms with Crippen LogP contribution in [-0.2, 0) is 27.7 Å². The quantitative estimate of drug-likeness (QED) is 0.288. The summed E-state index contributed by atoms with van der Waals surface area (Å²) in [7, 11) is -3.96. The standard InChI is InChI=1S/C25H26ClNO6S/c1-14(2)11-21(27-34(30,31)16-9-7-15(3)8-10-16)25(29)33-23-13-22-19(12-20(23)26)17-5-4-6-18(17)24(28)32-22/h7-10,12-14,21,27H,4-6,11H2,1-3H3. The number of nitrogens with one attached hydrogen (secondary N) is 1. The monoisotopic (exact) mass is 503 g/mol. The first kappa shape index (κ1) is 24.4. The van der Waals surface area contributed by atoms with Gasteiger partial charge in [-0.05, 0) is 62.3 Å². The summed E-state index contributed by atoms with van der Waals surface area (Å²) in [5.74, 6) is -0.788. The smallest absolute Gasteiger partial charge is 0.339 e. The number of esters is 1. The summed E-state index contributed by atoms with van der Waals surface area (Å²) in [5.41, 5.74) is 2.37. The molecule has 3 aromatic rings. The number of carbonyl (C=O) groups excluding carboxylic acids is 1. The Morgan fingerprint density at radius 2 is 1.82 bits per heavy atom. The molecule has 180 valence electrons. The van der Waals surface area contributed by atoms with Gasteiger partial charge in [0, 0.05) is 17.0 Å². The van der Waals surface area contributed by atoms with Gasteiger partial charge < -0.3 is 9.15 Å². The number of halogens is 1. The predicted octanol–water partition coefficient (Wildman–Crippen LogP) is 4.54. The zero-order valence-corrected chi connectivity index (χ0v) is 20.8. The molecule has 0 saturated carbocycles. The van der Waals surface area contributed by atoms with Crippen molar-refractivity contribution in [3.8, 4) is 5.75 Å². The number of hydrogen-bond donors (Lipinski definition) is 1. The molecule has 1 aromatic heterocycles. The third kappa shape index (κ3) is 5.04. The van der Waals surface area contributed by atoms with Crippen molar-refractivity contribution in [3.63, 3.8) is 0 Å². The fraction of sp³-hybridized carbons (Fsp3) is 0.360. The van der Waals surface area contributed by atoms with Gasteiger partial charge in [0.2, 0.25) is 10.0 Å². The van der Waals surface area contributed by atoms with Crippen molar-refractivity contribution in [3.05, 3.63) is 68.5 Å². The molecule has 1 atom stereocenters. The molecule has 1 aliphatic rings. The predicted molar refractivity (Wildman–Crippen MR) is 130 cm³/mol. The first-order valence-corrected chi connectivity index (χ1v) is 13.0. The number of benzene rings is 2. The molecule has 0 amide bonds. The average Bonchev–Trinajstić information content (AvgIpc) is 3.25. The zero-order valence-electron chi connectivity index (χ0n) is 19.2. The molecule has 2 aromatic carbocycles. The Morgan fingerprint density at radius 1 is 1.15 bits per heavy atom. The molecule has 4 rings (SSSR count). The number of ether oxygens (including phenoxy) is 1. The van der Waals surface area contributed by atoms with E-state index in [9.17, 15) is 18.0 Å². The zero-order chi connectivity index (χ0) is 24.6. The van der Waals surface area contributed by atoms with Crippen LogP contribution in [0.2, 0.25) is 5.02 Å². The van der Waals surface area contributed by atoms with E-state index in [0.717, 1.165) is 29.4 Å². The molecular weight excluding hydrogens is 478 g/mol. The van der Waals surface area contributed by atoms with Crippen LogP contribution in [0.15, 0.2) is 50.5 Å². The molecule has 0 radical (unpaired) electrons. The lowest BCUT2D eigenvalue weighted by Crippen LogP contribution is -2.43. The average molecular weight is 504 g/mol. The molecule has 0 bridgehead atoms. The molecule has 1 aliphatic carbocycles. The van der Waals surface area contributed by atoms with Crippen LogP contribution in [-0.4, -0.2) is 20.4 Å². The van der Waals surface area contributed by atoms with E-state index in [1.54, 1.807) is 18.2 Å². The maximum atomic E-state index is 13.1. The van der Waals surface area contributed by atoms with Gasteiger partial charge in [0.15, 0.2) is 5.75 Å². The summed E-state index contributed by atoms with van der Waals surface area (Å²) >= 11 is 6.41. The number of fused-ring (bicyclic) bond motifs is 3. The highest BCUT2D eigenvalue weighted by Crippen LogP contribution is 2.35. The second-order valence-electron chi connectivity index (χ2n) is 9.02. The van der Waals surface area contributed by atoms with E-state index >= 15 is 0 Å². The second kappa shape index (κ2) is 9.52. The SMILES string of the molecule is Cc1ccc(S(=O)(=O)NC(CC(C)C)C(=O)Oc2cc3oc(=O)c4c(c3cc2Cl)CCC4)cc1. The number of carbonyl (C=O) groups is 1. The van der Waals surface area contributed by atoms with E-state index in [1.807, 2.05) is 20.8 Å². The van der Waals surface area contributed by atoms with E-state index in [4.69, 9.17) is 20.8 Å². The molecule has 9 heteroatoms. The summed E-state index contributed by atoms with van der Waals surface area (Å²) in [4.78, 5) is 25.4. The maximum absolute atomic E-state index is 13.1. The van der Waals surface area contributed by atoms with E-state index in [0.29, 0.717) is 12.0 Å². The topological polar surface area (TPSA) is 103 Å². The number of aryl methyl sites for hydroxylation is 2. The highest BCUT2D eigenvalue weighted by molar-refractivity contribution is 7.89. The number of hydrogen-bond acceptors (Lipinski definition) is 6. The Labute approximate surface area is 203 Å². The van der Waals surface area contributed by atoms with Crippen LogP contribution in [0.1, 0.15) is 43.4 Å². The summed E-state index contributed by atoms with van der Waals surface area (Å²) < 4.78 is 39.2. The summed E-state index contributed by atoms with van der Waals surface area (Å²) in [5, 5.41) is 0.893. The van der Waals surface area contributed by atoms with E-state index in [1.165, 1.54) is 18.2 Å². The molecule has 34 heavy (non-hydrogen) atoms. The van der Waals surface area contributed by atoms with Crippen LogP contribution >= 0.6 is 11.6 Å².